The van der Waals surface area contributed by atoms with Crippen LogP contribution in [0.2, 0.25) is 5.02 Å². The Bertz CT molecular complexity index is 1050. The number of ether oxygens (including phenoxy) is 1. The number of rotatable bonds is 4. The first-order chi connectivity index (χ1) is 14.1. The molecule has 0 saturated carbocycles. The molecular formula is C20H17ClFN5O2. The number of hydrogen-bond acceptors (Lipinski definition) is 6. The Morgan fingerprint density at radius 2 is 2.03 bits per heavy atom. The van der Waals surface area contributed by atoms with Crippen LogP contribution in [0.4, 0.5) is 15.8 Å². The molecule has 0 N–H and O–H groups in total. The zero-order chi connectivity index (χ0) is 20.4. The number of benzene rings is 2. The number of nitrogens with zero attached hydrogens (tertiary/aromatic N) is 5. The van der Waals surface area contributed by atoms with E-state index in [9.17, 15) is 9.18 Å². The third-order valence-corrected chi connectivity index (χ3v) is 4.73. The molecule has 0 bridgehead atoms. The fourth-order valence-electron chi connectivity index (χ4n) is 3.28. The molecule has 2 heterocycles. The summed E-state index contributed by atoms with van der Waals surface area (Å²) in [5, 5.41) is 4.71. The summed E-state index contributed by atoms with van der Waals surface area (Å²) in [5.41, 5.74) is 2.06. The maximum absolute atomic E-state index is 13.6. The van der Waals surface area contributed by atoms with Gasteiger partial charge in [0.2, 0.25) is 5.96 Å². The molecule has 0 spiro atoms. The van der Waals surface area contributed by atoms with Gasteiger partial charge in [0.15, 0.2) is 0 Å². The first-order valence-electron chi connectivity index (χ1n) is 9.00. The molecule has 1 aromatic heterocycles. The number of aromatic nitrogens is 3. The van der Waals surface area contributed by atoms with Gasteiger partial charge in [-0.15, -0.1) is 0 Å². The highest BCUT2D eigenvalue weighted by atomic mass is 35.5. The van der Waals surface area contributed by atoms with Gasteiger partial charge in [-0.05, 0) is 49.4 Å². The number of anilines is 1. The first kappa shape index (κ1) is 19.1. The van der Waals surface area contributed by atoms with Crippen LogP contribution in [-0.2, 0) is 9.53 Å². The van der Waals surface area contributed by atoms with Crippen LogP contribution in [0.5, 0.6) is 0 Å². The summed E-state index contributed by atoms with van der Waals surface area (Å²) >= 11 is 6.23. The maximum Gasteiger partial charge on any atom is 0.308 e. The summed E-state index contributed by atoms with van der Waals surface area (Å²) < 4.78 is 20.2. The Balaban J connectivity index is 1.90. The van der Waals surface area contributed by atoms with Crippen molar-refractivity contribution in [3.63, 3.8) is 0 Å². The first-order valence-corrected chi connectivity index (χ1v) is 9.38. The van der Waals surface area contributed by atoms with Gasteiger partial charge in [-0.25, -0.2) is 14.4 Å². The number of aliphatic imine (C=N–C) groups is 1. The third kappa shape index (κ3) is 3.84. The van der Waals surface area contributed by atoms with E-state index in [1.165, 1.54) is 29.5 Å². The monoisotopic (exact) mass is 413 g/mol. The summed E-state index contributed by atoms with van der Waals surface area (Å²) in [6.45, 7) is 2.03. The normalized spacial score (nSPS) is 15.6. The average molecular weight is 414 g/mol. The molecule has 148 valence electrons. The lowest BCUT2D eigenvalue weighted by atomic mass is 9.97. The summed E-state index contributed by atoms with van der Waals surface area (Å²) in [5.74, 6) is -0.302. The van der Waals surface area contributed by atoms with Gasteiger partial charge >= 0.3 is 5.97 Å². The minimum absolute atomic E-state index is 0.0479. The molecule has 0 radical (unpaired) electrons. The van der Waals surface area contributed by atoms with Crippen LogP contribution in [0.25, 0.3) is 0 Å². The predicted octanol–water partition coefficient (Wildman–Crippen LogP) is 4.12. The topological polar surface area (TPSA) is 72.6 Å². The molecule has 4 rings (SSSR count). The molecule has 1 unspecified atom stereocenters. The summed E-state index contributed by atoms with van der Waals surface area (Å²) in [6, 6.07) is 10.8. The zero-order valence-electron chi connectivity index (χ0n) is 15.5. The molecule has 1 atom stereocenters. The van der Waals surface area contributed by atoms with Crippen molar-refractivity contribution in [1.82, 2.24) is 14.8 Å². The molecule has 7 nitrogen and oxygen atoms in total. The molecule has 0 aliphatic carbocycles. The maximum atomic E-state index is 13.6. The molecule has 1 aliphatic heterocycles. The smallest absolute Gasteiger partial charge is 0.308 e. The number of esters is 1. The van der Waals surface area contributed by atoms with Crippen LogP contribution in [0, 0.1) is 5.82 Å². The Morgan fingerprint density at radius 3 is 2.72 bits per heavy atom. The molecule has 0 fully saturated rings. The van der Waals surface area contributed by atoms with E-state index in [-0.39, 0.29) is 24.8 Å². The van der Waals surface area contributed by atoms with E-state index >= 15 is 0 Å². The lowest BCUT2D eigenvalue weighted by Crippen LogP contribution is -2.42. The second kappa shape index (κ2) is 8.00. The van der Waals surface area contributed by atoms with Gasteiger partial charge in [0.25, 0.3) is 0 Å². The van der Waals surface area contributed by atoms with Crippen LogP contribution in [0.15, 0.2) is 60.1 Å². The molecule has 2 aromatic carbocycles. The summed E-state index contributed by atoms with van der Waals surface area (Å²) in [7, 11) is 0. The highest BCUT2D eigenvalue weighted by Crippen LogP contribution is 2.41. The number of halogens is 2. The van der Waals surface area contributed by atoms with Crippen molar-refractivity contribution in [2.24, 2.45) is 4.99 Å². The molecule has 9 heteroatoms. The quantitative estimate of drug-likeness (QED) is 0.601. The van der Waals surface area contributed by atoms with Crippen LogP contribution < -0.4 is 4.90 Å². The van der Waals surface area contributed by atoms with Crippen molar-refractivity contribution >= 4 is 34.9 Å². The number of carbonyl (C=O) groups is 1. The van der Waals surface area contributed by atoms with Crippen molar-refractivity contribution in [3.05, 3.63) is 71.5 Å². The minimum Gasteiger partial charge on any atom is -0.466 e. The van der Waals surface area contributed by atoms with E-state index in [2.05, 4.69) is 10.1 Å². The number of hydrogen-bond donors (Lipinski definition) is 0. The standard InChI is InChI=1S/C20H17ClFN5O2/c1-2-29-19(28)10-18-16-9-13(21)3-8-17(16)25-20(26-12-23-11-24-26)27(18)15-6-4-14(22)5-7-15/h3-9,11-12,18H,2,10H2,1H3. The van der Waals surface area contributed by atoms with E-state index in [0.717, 1.165) is 5.56 Å². The predicted molar refractivity (Wildman–Crippen MR) is 107 cm³/mol. The van der Waals surface area contributed by atoms with Gasteiger partial charge in [0.1, 0.15) is 18.5 Å². The van der Waals surface area contributed by atoms with E-state index < -0.39 is 6.04 Å². The molecule has 1 aliphatic rings. The van der Waals surface area contributed by atoms with Crippen molar-refractivity contribution < 1.29 is 13.9 Å². The third-order valence-electron chi connectivity index (χ3n) is 4.49. The zero-order valence-corrected chi connectivity index (χ0v) is 16.3. The fourth-order valence-corrected chi connectivity index (χ4v) is 3.46. The summed E-state index contributed by atoms with van der Waals surface area (Å²) in [6.07, 6.45) is 2.95. The van der Waals surface area contributed by atoms with E-state index in [4.69, 9.17) is 21.3 Å². The number of fused-ring (bicyclic) bond motifs is 1. The van der Waals surface area contributed by atoms with Crippen LogP contribution in [0.3, 0.4) is 0 Å². The van der Waals surface area contributed by atoms with Crippen molar-refractivity contribution in [2.45, 2.75) is 19.4 Å². The average Bonchev–Trinajstić information content (AvgIpc) is 3.24. The van der Waals surface area contributed by atoms with Crippen molar-refractivity contribution in [3.8, 4) is 0 Å². The van der Waals surface area contributed by atoms with Gasteiger partial charge in [-0.1, -0.05) is 11.6 Å². The van der Waals surface area contributed by atoms with Gasteiger partial charge < -0.3 is 9.64 Å². The lowest BCUT2D eigenvalue weighted by Gasteiger charge is -2.37. The Morgan fingerprint density at radius 1 is 1.24 bits per heavy atom. The van der Waals surface area contributed by atoms with Crippen molar-refractivity contribution in [1.29, 1.82) is 0 Å². The van der Waals surface area contributed by atoms with Crippen LogP contribution in [-0.4, -0.2) is 33.3 Å². The molecule has 0 saturated heterocycles. The Labute approximate surface area is 171 Å². The molecule has 3 aromatic rings. The second-order valence-electron chi connectivity index (χ2n) is 6.33. The van der Waals surface area contributed by atoms with Gasteiger partial charge in [-0.2, -0.15) is 9.78 Å². The van der Waals surface area contributed by atoms with Crippen LogP contribution >= 0.6 is 11.6 Å². The molecule has 0 amide bonds. The molecular weight excluding hydrogens is 397 g/mol. The largest absolute Gasteiger partial charge is 0.466 e. The number of carbonyl (C=O) groups excluding carboxylic acids is 1. The Hall–Kier alpha value is -3.26. The highest BCUT2D eigenvalue weighted by molar-refractivity contribution is 6.30. The minimum atomic E-state index is -0.482. The van der Waals surface area contributed by atoms with E-state index in [1.54, 1.807) is 37.3 Å². The Kier molecular flexibility index (Phi) is 5.26. The lowest BCUT2D eigenvalue weighted by molar-refractivity contribution is -0.143. The highest BCUT2D eigenvalue weighted by Gasteiger charge is 2.35. The fraction of sp³-hybridized carbons (Fsp3) is 0.200. The van der Waals surface area contributed by atoms with Gasteiger partial charge in [0.05, 0.1) is 24.8 Å². The van der Waals surface area contributed by atoms with E-state index in [0.29, 0.717) is 22.4 Å². The SMILES string of the molecule is CCOC(=O)CC1c2cc(Cl)ccc2N=C(n2cncn2)N1c1ccc(F)cc1. The van der Waals surface area contributed by atoms with Gasteiger partial charge in [-0.3, -0.25) is 4.79 Å². The molecule has 29 heavy (non-hydrogen) atoms. The van der Waals surface area contributed by atoms with Gasteiger partial charge in [0, 0.05) is 16.3 Å². The second-order valence-corrected chi connectivity index (χ2v) is 6.76. The van der Waals surface area contributed by atoms with E-state index in [1.807, 2.05) is 4.90 Å². The van der Waals surface area contributed by atoms with Crippen LogP contribution in [0.1, 0.15) is 24.9 Å². The summed E-state index contributed by atoms with van der Waals surface area (Å²) in [4.78, 5) is 22.9. The van der Waals surface area contributed by atoms with Crippen molar-refractivity contribution in [2.75, 3.05) is 11.5 Å².